The van der Waals surface area contributed by atoms with Gasteiger partial charge in [0.15, 0.2) is 0 Å². The predicted molar refractivity (Wildman–Crippen MR) is 93.0 cm³/mol. The van der Waals surface area contributed by atoms with E-state index in [1.54, 1.807) is 16.5 Å². The molecule has 6 heteroatoms. The van der Waals surface area contributed by atoms with Crippen molar-refractivity contribution < 1.29 is 9.59 Å². The highest BCUT2D eigenvalue weighted by atomic mass is 16.2. The maximum absolute atomic E-state index is 12.6. The maximum atomic E-state index is 12.6. The zero-order valence-electron chi connectivity index (χ0n) is 14.2. The molecule has 1 aromatic heterocycles. The van der Waals surface area contributed by atoms with Crippen molar-refractivity contribution in [1.82, 2.24) is 9.78 Å². The Morgan fingerprint density at radius 2 is 2.17 bits per heavy atom. The normalized spacial score (nSPS) is 15.1. The Kier molecular flexibility index (Phi) is 4.38. The minimum Gasteiger partial charge on any atom is -0.324 e. The SMILES string of the molecule is CCc1cccc(NC(=O)C(C)N2C(=O)CCn3nc(C)cc32)c1. The van der Waals surface area contributed by atoms with Gasteiger partial charge in [-0.1, -0.05) is 19.1 Å². The summed E-state index contributed by atoms with van der Waals surface area (Å²) in [7, 11) is 0. The van der Waals surface area contributed by atoms with Crippen LogP contribution in [0.5, 0.6) is 0 Å². The summed E-state index contributed by atoms with van der Waals surface area (Å²) >= 11 is 0. The monoisotopic (exact) mass is 326 g/mol. The fraction of sp³-hybridized carbons (Fsp3) is 0.389. The van der Waals surface area contributed by atoms with Gasteiger partial charge in [0.05, 0.1) is 12.2 Å². The third kappa shape index (κ3) is 3.04. The standard InChI is InChI=1S/C18H22N4O2/c1-4-14-6-5-7-15(11-14)19-18(24)13(3)22-16-10-12(2)20-21(16)9-8-17(22)23/h5-7,10-11,13H,4,8-9H2,1-3H3,(H,19,24). The first-order valence-corrected chi connectivity index (χ1v) is 8.26. The number of aromatic nitrogens is 2. The summed E-state index contributed by atoms with van der Waals surface area (Å²) in [5.41, 5.74) is 2.75. The Balaban J connectivity index is 1.81. The van der Waals surface area contributed by atoms with Gasteiger partial charge in [0, 0.05) is 18.2 Å². The van der Waals surface area contributed by atoms with Crippen molar-refractivity contribution in [2.45, 2.75) is 46.2 Å². The number of fused-ring (bicyclic) bond motifs is 1. The van der Waals surface area contributed by atoms with E-state index < -0.39 is 6.04 Å². The lowest BCUT2D eigenvalue weighted by Gasteiger charge is -2.31. The number of carbonyl (C=O) groups excluding carboxylic acids is 2. The van der Waals surface area contributed by atoms with Gasteiger partial charge in [0.2, 0.25) is 11.8 Å². The Bertz CT molecular complexity index is 781. The first kappa shape index (κ1) is 16.2. The minimum absolute atomic E-state index is 0.0487. The van der Waals surface area contributed by atoms with Crippen molar-refractivity contribution in [2.24, 2.45) is 0 Å². The Morgan fingerprint density at radius 1 is 1.38 bits per heavy atom. The van der Waals surface area contributed by atoms with Gasteiger partial charge in [-0.05, 0) is 38.0 Å². The molecule has 0 aliphatic carbocycles. The first-order chi connectivity index (χ1) is 11.5. The molecule has 1 atom stereocenters. The van der Waals surface area contributed by atoms with Gasteiger partial charge in [-0.3, -0.25) is 14.5 Å². The van der Waals surface area contributed by atoms with E-state index in [9.17, 15) is 9.59 Å². The fourth-order valence-electron chi connectivity index (χ4n) is 2.99. The molecule has 2 aromatic rings. The summed E-state index contributed by atoms with van der Waals surface area (Å²) in [5.74, 6) is 0.435. The molecule has 126 valence electrons. The molecule has 6 nitrogen and oxygen atoms in total. The highest BCUT2D eigenvalue weighted by Gasteiger charge is 2.33. The number of hydrogen-bond acceptors (Lipinski definition) is 3. The highest BCUT2D eigenvalue weighted by Crippen LogP contribution is 2.25. The Hall–Kier alpha value is -2.63. The van der Waals surface area contributed by atoms with E-state index in [-0.39, 0.29) is 11.8 Å². The molecule has 1 aliphatic heterocycles. The molecule has 1 aromatic carbocycles. The molecule has 0 bridgehead atoms. The highest BCUT2D eigenvalue weighted by molar-refractivity contribution is 6.04. The third-order valence-electron chi connectivity index (χ3n) is 4.30. The van der Waals surface area contributed by atoms with Crippen LogP contribution in [-0.4, -0.2) is 27.6 Å². The molecule has 0 spiro atoms. The summed E-state index contributed by atoms with van der Waals surface area (Å²) in [6, 6.07) is 9.00. The molecular formula is C18H22N4O2. The molecular weight excluding hydrogens is 304 g/mol. The van der Waals surface area contributed by atoms with Gasteiger partial charge in [0.1, 0.15) is 11.9 Å². The van der Waals surface area contributed by atoms with E-state index in [0.29, 0.717) is 18.8 Å². The number of amides is 2. The van der Waals surface area contributed by atoms with E-state index in [4.69, 9.17) is 0 Å². The van der Waals surface area contributed by atoms with Gasteiger partial charge in [-0.25, -0.2) is 4.68 Å². The molecule has 0 saturated carbocycles. The van der Waals surface area contributed by atoms with Gasteiger partial charge in [-0.2, -0.15) is 5.10 Å². The Labute approximate surface area is 141 Å². The van der Waals surface area contributed by atoms with E-state index in [1.165, 1.54) is 0 Å². The van der Waals surface area contributed by atoms with Crippen molar-refractivity contribution in [3.8, 4) is 0 Å². The quantitative estimate of drug-likeness (QED) is 0.939. The number of hydrogen-bond donors (Lipinski definition) is 1. The molecule has 0 radical (unpaired) electrons. The van der Waals surface area contributed by atoms with Gasteiger partial charge >= 0.3 is 0 Å². The molecule has 0 saturated heterocycles. The van der Waals surface area contributed by atoms with Crippen LogP contribution in [0, 0.1) is 6.92 Å². The van der Waals surface area contributed by atoms with Crippen LogP contribution in [0.2, 0.25) is 0 Å². The van der Waals surface area contributed by atoms with Crippen molar-refractivity contribution in [3.63, 3.8) is 0 Å². The molecule has 2 amide bonds. The average Bonchev–Trinajstić information content (AvgIpc) is 2.94. The smallest absolute Gasteiger partial charge is 0.247 e. The average molecular weight is 326 g/mol. The van der Waals surface area contributed by atoms with Crippen molar-refractivity contribution >= 4 is 23.3 Å². The van der Waals surface area contributed by atoms with Crippen LogP contribution >= 0.6 is 0 Å². The lowest BCUT2D eigenvalue weighted by molar-refractivity contribution is -0.124. The molecule has 1 N–H and O–H groups in total. The van der Waals surface area contributed by atoms with E-state index >= 15 is 0 Å². The molecule has 1 aliphatic rings. The Morgan fingerprint density at radius 3 is 2.92 bits per heavy atom. The fourth-order valence-corrected chi connectivity index (χ4v) is 2.99. The van der Waals surface area contributed by atoms with Gasteiger partial charge in [-0.15, -0.1) is 0 Å². The molecule has 2 heterocycles. The van der Waals surface area contributed by atoms with E-state index in [0.717, 1.165) is 23.4 Å². The van der Waals surface area contributed by atoms with Crippen LogP contribution < -0.4 is 10.2 Å². The summed E-state index contributed by atoms with van der Waals surface area (Å²) in [6.07, 6.45) is 1.26. The van der Waals surface area contributed by atoms with Crippen LogP contribution in [0.1, 0.15) is 31.5 Å². The first-order valence-electron chi connectivity index (χ1n) is 8.26. The second-order valence-electron chi connectivity index (χ2n) is 6.10. The molecule has 1 unspecified atom stereocenters. The molecule has 0 fully saturated rings. The second-order valence-corrected chi connectivity index (χ2v) is 6.10. The lowest BCUT2D eigenvalue weighted by atomic mass is 10.1. The van der Waals surface area contributed by atoms with E-state index in [1.807, 2.05) is 37.3 Å². The maximum Gasteiger partial charge on any atom is 0.247 e. The second kappa shape index (κ2) is 6.47. The van der Waals surface area contributed by atoms with Gasteiger partial charge < -0.3 is 5.32 Å². The van der Waals surface area contributed by atoms with Crippen LogP contribution in [0.15, 0.2) is 30.3 Å². The number of nitrogens with one attached hydrogen (secondary N) is 1. The number of benzene rings is 1. The largest absolute Gasteiger partial charge is 0.324 e. The van der Waals surface area contributed by atoms with Crippen molar-refractivity contribution in [2.75, 3.05) is 10.2 Å². The van der Waals surface area contributed by atoms with Crippen molar-refractivity contribution in [3.05, 3.63) is 41.6 Å². The summed E-state index contributed by atoms with van der Waals surface area (Å²) in [6.45, 7) is 6.26. The van der Waals surface area contributed by atoms with Crippen LogP contribution in [0.3, 0.4) is 0 Å². The predicted octanol–water partition coefficient (Wildman–Crippen LogP) is 2.52. The van der Waals surface area contributed by atoms with Crippen LogP contribution in [0.25, 0.3) is 0 Å². The number of nitrogens with zero attached hydrogens (tertiary/aromatic N) is 3. The summed E-state index contributed by atoms with van der Waals surface area (Å²) < 4.78 is 1.79. The molecule has 24 heavy (non-hydrogen) atoms. The minimum atomic E-state index is -0.599. The summed E-state index contributed by atoms with van der Waals surface area (Å²) in [4.78, 5) is 26.6. The zero-order valence-corrected chi connectivity index (χ0v) is 14.2. The lowest BCUT2D eigenvalue weighted by Crippen LogP contribution is -2.49. The topological polar surface area (TPSA) is 67.2 Å². The molecule has 3 rings (SSSR count). The third-order valence-corrected chi connectivity index (χ3v) is 4.30. The number of aryl methyl sites for hydroxylation is 3. The van der Waals surface area contributed by atoms with Crippen molar-refractivity contribution in [1.29, 1.82) is 0 Å². The van der Waals surface area contributed by atoms with Crippen LogP contribution in [0.4, 0.5) is 11.5 Å². The summed E-state index contributed by atoms with van der Waals surface area (Å²) in [5, 5.41) is 7.28. The number of anilines is 2. The zero-order chi connectivity index (χ0) is 17.3. The van der Waals surface area contributed by atoms with E-state index in [2.05, 4.69) is 17.3 Å². The van der Waals surface area contributed by atoms with Gasteiger partial charge in [0.25, 0.3) is 0 Å². The van der Waals surface area contributed by atoms with Crippen LogP contribution in [-0.2, 0) is 22.6 Å². The number of carbonyl (C=O) groups is 2. The number of rotatable bonds is 4.